The van der Waals surface area contributed by atoms with Crippen LogP contribution in [0.3, 0.4) is 0 Å². The number of aromatic nitrogens is 2. The van der Waals surface area contributed by atoms with Crippen molar-refractivity contribution in [2.75, 3.05) is 18.4 Å². The quantitative estimate of drug-likeness (QED) is 0.894. The fourth-order valence-corrected chi connectivity index (χ4v) is 4.13. The van der Waals surface area contributed by atoms with E-state index in [-0.39, 0.29) is 11.9 Å². The van der Waals surface area contributed by atoms with Crippen LogP contribution in [0.2, 0.25) is 0 Å². The Morgan fingerprint density at radius 1 is 1.42 bits per heavy atom. The van der Waals surface area contributed by atoms with Crippen molar-refractivity contribution in [2.45, 2.75) is 38.9 Å². The second kappa shape index (κ2) is 6.49. The van der Waals surface area contributed by atoms with Crippen molar-refractivity contribution in [1.29, 1.82) is 0 Å². The lowest BCUT2D eigenvalue weighted by molar-refractivity contribution is 0.0719. The molecular formula is C17H21N5OS. The Morgan fingerprint density at radius 2 is 2.33 bits per heavy atom. The van der Waals surface area contributed by atoms with Crippen molar-refractivity contribution in [3.63, 3.8) is 0 Å². The number of thiophene rings is 1. The number of hydrogen-bond donors (Lipinski definition) is 2. The number of piperidine rings is 1. The van der Waals surface area contributed by atoms with Crippen LogP contribution >= 0.6 is 11.3 Å². The van der Waals surface area contributed by atoms with E-state index in [1.165, 1.54) is 16.9 Å². The lowest BCUT2D eigenvalue weighted by Crippen LogP contribution is -2.45. The van der Waals surface area contributed by atoms with Gasteiger partial charge in [0, 0.05) is 37.8 Å². The summed E-state index contributed by atoms with van der Waals surface area (Å²) in [6, 6.07) is 4.06. The Balaban J connectivity index is 1.49. The zero-order valence-electron chi connectivity index (χ0n) is 13.7. The van der Waals surface area contributed by atoms with E-state index < -0.39 is 0 Å². The lowest BCUT2D eigenvalue weighted by Gasteiger charge is -2.33. The van der Waals surface area contributed by atoms with Crippen LogP contribution in [0.25, 0.3) is 0 Å². The third kappa shape index (κ3) is 3.01. The van der Waals surface area contributed by atoms with E-state index in [0.717, 1.165) is 61.2 Å². The molecule has 1 fully saturated rings. The normalized spacial score (nSPS) is 20.0. The van der Waals surface area contributed by atoms with Crippen LogP contribution in [0.15, 0.2) is 17.5 Å². The molecule has 126 valence electrons. The molecule has 24 heavy (non-hydrogen) atoms. The largest absolute Gasteiger partial charge is 0.365 e. The minimum Gasteiger partial charge on any atom is -0.365 e. The number of carbonyl (C=O) groups excluding carboxylic acids is 1. The van der Waals surface area contributed by atoms with E-state index in [4.69, 9.17) is 0 Å². The molecule has 6 nitrogen and oxygen atoms in total. The van der Waals surface area contributed by atoms with Crippen molar-refractivity contribution in [3.8, 4) is 0 Å². The number of anilines is 1. The molecule has 2 aromatic rings. The zero-order valence-corrected chi connectivity index (χ0v) is 14.5. The van der Waals surface area contributed by atoms with Gasteiger partial charge in [0.15, 0.2) is 0 Å². The van der Waals surface area contributed by atoms with Gasteiger partial charge in [0.2, 0.25) is 0 Å². The molecular weight excluding hydrogens is 322 g/mol. The Bertz CT molecular complexity index is 746. The first kappa shape index (κ1) is 15.5. The fourth-order valence-electron chi connectivity index (χ4n) is 3.44. The molecule has 2 aliphatic heterocycles. The van der Waals surface area contributed by atoms with E-state index in [2.05, 4.69) is 20.6 Å². The molecule has 2 aromatic heterocycles. The number of hydrogen-bond acceptors (Lipinski definition) is 6. The Labute approximate surface area is 145 Å². The van der Waals surface area contributed by atoms with E-state index in [0.29, 0.717) is 0 Å². The number of rotatable bonds is 3. The summed E-state index contributed by atoms with van der Waals surface area (Å²) in [6.07, 6.45) is 2.07. The van der Waals surface area contributed by atoms with Gasteiger partial charge in [0.05, 0.1) is 10.6 Å². The number of carbonyl (C=O) groups is 1. The minimum absolute atomic E-state index is 0.141. The summed E-state index contributed by atoms with van der Waals surface area (Å²) in [5.74, 6) is 1.86. The van der Waals surface area contributed by atoms with Gasteiger partial charge in [-0.05, 0) is 31.2 Å². The van der Waals surface area contributed by atoms with Gasteiger partial charge < -0.3 is 15.5 Å². The van der Waals surface area contributed by atoms with E-state index in [9.17, 15) is 4.79 Å². The van der Waals surface area contributed by atoms with Gasteiger partial charge in [-0.1, -0.05) is 6.07 Å². The van der Waals surface area contributed by atoms with Crippen molar-refractivity contribution in [1.82, 2.24) is 20.2 Å². The van der Waals surface area contributed by atoms with Crippen LogP contribution in [0, 0.1) is 6.92 Å². The van der Waals surface area contributed by atoms with Crippen LogP contribution in [-0.2, 0) is 13.1 Å². The highest BCUT2D eigenvalue weighted by molar-refractivity contribution is 7.12. The molecule has 1 atom stereocenters. The van der Waals surface area contributed by atoms with Gasteiger partial charge in [-0.25, -0.2) is 9.97 Å². The van der Waals surface area contributed by atoms with Crippen molar-refractivity contribution in [2.24, 2.45) is 0 Å². The predicted octanol–water partition coefficient (Wildman–Crippen LogP) is 2.17. The third-order valence-corrected chi connectivity index (χ3v) is 5.44. The van der Waals surface area contributed by atoms with Crippen LogP contribution in [0.1, 0.15) is 39.6 Å². The third-order valence-electron chi connectivity index (χ3n) is 4.58. The summed E-state index contributed by atoms with van der Waals surface area (Å²) in [4.78, 5) is 24.5. The van der Waals surface area contributed by atoms with Crippen molar-refractivity contribution in [3.05, 3.63) is 39.5 Å². The van der Waals surface area contributed by atoms with Gasteiger partial charge >= 0.3 is 0 Å². The highest BCUT2D eigenvalue weighted by atomic mass is 32.1. The highest BCUT2D eigenvalue weighted by Gasteiger charge is 2.27. The number of fused-ring (bicyclic) bond motifs is 1. The van der Waals surface area contributed by atoms with Gasteiger partial charge in [0.25, 0.3) is 5.91 Å². The molecule has 7 heteroatoms. The predicted molar refractivity (Wildman–Crippen MR) is 94.2 cm³/mol. The van der Waals surface area contributed by atoms with E-state index >= 15 is 0 Å². The van der Waals surface area contributed by atoms with Crippen LogP contribution < -0.4 is 10.6 Å². The number of aryl methyl sites for hydroxylation is 1. The zero-order chi connectivity index (χ0) is 16.5. The second-order valence-electron chi connectivity index (χ2n) is 6.36. The summed E-state index contributed by atoms with van der Waals surface area (Å²) in [7, 11) is 0. The minimum atomic E-state index is 0.141. The fraction of sp³-hybridized carbons (Fsp3) is 0.471. The molecule has 0 radical (unpaired) electrons. The molecule has 2 aliphatic rings. The van der Waals surface area contributed by atoms with Crippen LogP contribution in [-0.4, -0.2) is 39.9 Å². The first-order valence-electron chi connectivity index (χ1n) is 8.37. The van der Waals surface area contributed by atoms with Gasteiger partial charge in [-0.15, -0.1) is 11.3 Å². The topological polar surface area (TPSA) is 70.2 Å². The number of amides is 1. The average Bonchev–Trinajstić information content (AvgIpc) is 3.25. The standard InChI is InChI=1S/C17H21N5OS/c1-11-19-14-9-18-8-13(14)16(20-11)21-12-4-2-6-22(10-12)17(23)15-5-3-7-24-15/h3,5,7,12,18H,2,4,6,8-10H2,1H3,(H,19,20,21)/t12-/m1/s1. The Morgan fingerprint density at radius 3 is 3.17 bits per heavy atom. The second-order valence-corrected chi connectivity index (χ2v) is 7.31. The summed E-state index contributed by atoms with van der Waals surface area (Å²) >= 11 is 1.51. The Hall–Kier alpha value is -1.99. The molecule has 4 heterocycles. The van der Waals surface area contributed by atoms with Crippen molar-refractivity contribution >= 4 is 23.1 Å². The lowest BCUT2D eigenvalue weighted by atomic mass is 10.0. The monoisotopic (exact) mass is 343 g/mol. The van der Waals surface area contributed by atoms with Gasteiger partial charge in [-0.3, -0.25) is 4.79 Å². The SMILES string of the molecule is Cc1nc2c(c(N[C@@H]3CCCN(C(=O)c4cccs4)C3)n1)CNC2. The molecule has 0 saturated carbocycles. The highest BCUT2D eigenvalue weighted by Crippen LogP contribution is 2.24. The van der Waals surface area contributed by atoms with E-state index in [1.807, 2.05) is 29.3 Å². The number of nitrogens with one attached hydrogen (secondary N) is 2. The maximum atomic E-state index is 12.6. The molecule has 0 bridgehead atoms. The first-order valence-corrected chi connectivity index (χ1v) is 9.25. The smallest absolute Gasteiger partial charge is 0.263 e. The molecule has 0 aliphatic carbocycles. The molecule has 2 N–H and O–H groups in total. The molecule has 0 spiro atoms. The molecule has 0 unspecified atom stereocenters. The summed E-state index contributed by atoms with van der Waals surface area (Å²) < 4.78 is 0. The summed E-state index contributed by atoms with van der Waals surface area (Å²) in [6.45, 7) is 5.10. The average molecular weight is 343 g/mol. The summed E-state index contributed by atoms with van der Waals surface area (Å²) in [5, 5.41) is 8.85. The summed E-state index contributed by atoms with van der Waals surface area (Å²) in [5.41, 5.74) is 2.26. The van der Waals surface area contributed by atoms with Crippen LogP contribution in [0.5, 0.6) is 0 Å². The molecule has 0 aromatic carbocycles. The molecule has 1 amide bonds. The molecule has 1 saturated heterocycles. The van der Waals surface area contributed by atoms with Crippen molar-refractivity contribution < 1.29 is 4.79 Å². The van der Waals surface area contributed by atoms with Gasteiger partial charge in [0.1, 0.15) is 11.6 Å². The number of likely N-dealkylation sites (tertiary alicyclic amines) is 1. The first-order chi connectivity index (χ1) is 11.7. The maximum absolute atomic E-state index is 12.6. The van der Waals surface area contributed by atoms with E-state index in [1.54, 1.807) is 0 Å². The molecule has 4 rings (SSSR count). The number of nitrogens with zero attached hydrogens (tertiary/aromatic N) is 3. The maximum Gasteiger partial charge on any atom is 0.263 e. The van der Waals surface area contributed by atoms with Gasteiger partial charge in [-0.2, -0.15) is 0 Å². The Kier molecular flexibility index (Phi) is 4.20. The van der Waals surface area contributed by atoms with Crippen LogP contribution in [0.4, 0.5) is 5.82 Å².